The van der Waals surface area contributed by atoms with Gasteiger partial charge in [-0.15, -0.1) is 0 Å². The molecule has 5 fully saturated rings. The SMILES string of the molecule is CCOC(=O)CC[C@@]12CC[C@H]3[C@H](C)CC[C@H]4CC(=O)O[C@H](O1)[C@@]43OO2. The third-order valence-corrected chi connectivity index (χ3v) is 6.41. The predicted molar refractivity (Wildman–Crippen MR) is 83.7 cm³/mol. The normalized spacial score (nSPS) is 45.3. The number of hydrogen-bond acceptors (Lipinski definition) is 7. The summed E-state index contributed by atoms with van der Waals surface area (Å²) < 4.78 is 16.8. The minimum Gasteiger partial charge on any atom is -0.466 e. The molecule has 0 unspecified atom stereocenters. The molecule has 7 heteroatoms. The van der Waals surface area contributed by atoms with Crippen LogP contribution < -0.4 is 0 Å². The van der Waals surface area contributed by atoms with Gasteiger partial charge in [0.1, 0.15) is 0 Å². The van der Waals surface area contributed by atoms with Gasteiger partial charge >= 0.3 is 11.9 Å². The summed E-state index contributed by atoms with van der Waals surface area (Å²) in [5.41, 5.74) is -0.713. The highest BCUT2D eigenvalue weighted by Gasteiger charge is 2.69. The molecule has 0 aromatic rings. The zero-order chi connectivity index (χ0) is 17.7. The van der Waals surface area contributed by atoms with Crippen molar-refractivity contribution >= 4 is 11.9 Å². The summed E-state index contributed by atoms with van der Waals surface area (Å²) in [7, 11) is 0. The van der Waals surface area contributed by atoms with Crippen molar-refractivity contribution in [2.75, 3.05) is 6.61 Å². The van der Waals surface area contributed by atoms with E-state index in [1.807, 2.05) is 0 Å². The molecule has 0 amide bonds. The topological polar surface area (TPSA) is 80.3 Å². The first-order valence-electron chi connectivity index (χ1n) is 9.39. The number of carbonyl (C=O) groups excluding carboxylic acids is 2. The predicted octanol–water partition coefficient (Wildman–Crippen LogP) is 2.47. The molecule has 2 bridgehead atoms. The van der Waals surface area contributed by atoms with E-state index in [9.17, 15) is 9.59 Å². The van der Waals surface area contributed by atoms with Crippen LogP contribution in [0.15, 0.2) is 0 Å². The van der Waals surface area contributed by atoms with Gasteiger partial charge in [-0.1, -0.05) is 6.92 Å². The Morgan fingerprint density at radius 1 is 1.28 bits per heavy atom. The molecule has 1 spiro atoms. The molecule has 140 valence electrons. The van der Waals surface area contributed by atoms with Crippen LogP contribution in [0.25, 0.3) is 0 Å². The van der Waals surface area contributed by atoms with Crippen LogP contribution >= 0.6 is 0 Å². The van der Waals surface area contributed by atoms with E-state index in [2.05, 4.69) is 6.92 Å². The summed E-state index contributed by atoms with van der Waals surface area (Å²) in [6, 6.07) is 0. The number of fused-ring (bicyclic) bond motifs is 2. The van der Waals surface area contributed by atoms with E-state index in [1.165, 1.54) is 0 Å². The Morgan fingerprint density at radius 2 is 2.12 bits per heavy atom. The van der Waals surface area contributed by atoms with Crippen LogP contribution in [0.3, 0.4) is 0 Å². The lowest BCUT2D eigenvalue weighted by atomic mass is 9.60. The summed E-state index contributed by atoms with van der Waals surface area (Å²) in [6.07, 6.45) is 3.55. The molecular weight excluding hydrogens is 328 g/mol. The number of rotatable bonds is 4. The van der Waals surface area contributed by atoms with Crippen molar-refractivity contribution < 1.29 is 33.6 Å². The molecule has 1 saturated carbocycles. The minimum absolute atomic E-state index is 0.0566. The lowest BCUT2D eigenvalue weighted by Crippen LogP contribution is -2.68. The first-order valence-corrected chi connectivity index (χ1v) is 9.39. The molecule has 4 saturated heterocycles. The van der Waals surface area contributed by atoms with Crippen molar-refractivity contribution in [3.05, 3.63) is 0 Å². The van der Waals surface area contributed by atoms with E-state index in [1.54, 1.807) is 6.92 Å². The third-order valence-electron chi connectivity index (χ3n) is 6.41. The van der Waals surface area contributed by atoms with Crippen molar-refractivity contribution in [3.8, 4) is 0 Å². The Hall–Kier alpha value is -1.18. The van der Waals surface area contributed by atoms with Gasteiger partial charge in [-0.2, -0.15) is 0 Å². The van der Waals surface area contributed by atoms with E-state index in [4.69, 9.17) is 24.0 Å². The number of carbonyl (C=O) groups is 2. The van der Waals surface area contributed by atoms with Gasteiger partial charge in [-0.25, -0.2) is 9.78 Å². The Balaban J connectivity index is 1.60. The monoisotopic (exact) mass is 354 g/mol. The number of hydrogen-bond donors (Lipinski definition) is 0. The fourth-order valence-electron chi connectivity index (χ4n) is 5.11. The second-order valence-corrected chi connectivity index (χ2v) is 7.78. The highest BCUT2D eigenvalue weighted by Crippen LogP contribution is 2.59. The summed E-state index contributed by atoms with van der Waals surface area (Å²) in [4.78, 5) is 35.6. The van der Waals surface area contributed by atoms with Crippen molar-refractivity contribution in [3.63, 3.8) is 0 Å². The zero-order valence-electron chi connectivity index (χ0n) is 14.8. The highest BCUT2D eigenvalue weighted by atomic mass is 17.3. The van der Waals surface area contributed by atoms with Gasteiger partial charge in [0, 0.05) is 24.7 Å². The van der Waals surface area contributed by atoms with Crippen molar-refractivity contribution in [1.82, 2.24) is 0 Å². The number of esters is 2. The number of ether oxygens (including phenoxy) is 3. The quantitative estimate of drug-likeness (QED) is 0.567. The second kappa shape index (κ2) is 6.21. The molecule has 0 N–H and O–H groups in total. The summed E-state index contributed by atoms with van der Waals surface area (Å²) in [5.74, 6) is -0.871. The van der Waals surface area contributed by atoms with Crippen molar-refractivity contribution in [2.45, 2.75) is 76.5 Å². The summed E-state index contributed by atoms with van der Waals surface area (Å²) in [6.45, 7) is 4.33. The molecule has 5 aliphatic rings. The van der Waals surface area contributed by atoms with Gasteiger partial charge in [0.2, 0.25) is 12.1 Å². The average Bonchev–Trinajstić information content (AvgIpc) is 2.83. The Morgan fingerprint density at radius 3 is 2.92 bits per heavy atom. The van der Waals surface area contributed by atoms with Gasteiger partial charge in [-0.3, -0.25) is 9.59 Å². The fourth-order valence-corrected chi connectivity index (χ4v) is 5.11. The molecular formula is C18H26O7. The molecule has 0 radical (unpaired) electrons. The van der Waals surface area contributed by atoms with Crippen molar-refractivity contribution in [2.24, 2.45) is 17.8 Å². The molecule has 7 nitrogen and oxygen atoms in total. The highest BCUT2D eigenvalue weighted by molar-refractivity contribution is 5.71. The second-order valence-electron chi connectivity index (χ2n) is 7.78. The summed E-state index contributed by atoms with van der Waals surface area (Å²) >= 11 is 0. The molecule has 0 aromatic carbocycles. The standard InChI is InChI=1S/C18H26O7/c1-3-21-14(19)7-9-17-8-6-13-11(2)4-5-12-10-15(20)22-16(23-17)18(12,13)25-24-17/h11-13,16H,3-10H2,1-2H3/t11-,12+,13+,16-,17+,18-/m1/s1. The smallest absolute Gasteiger partial charge is 0.308 e. The van der Waals surface area contributed by atoms with E-state index in [-0.39, 0.29) is 30.2 Å². The van der Waals surface area contributed by atoms with Crippen LogP contribution in [0.2, 0.25) is 0 Å². The van der Waals surface area contributed by atoms with Crippen molar-refractivity contribution in [1.29, 1.82) is 0 Å². The summed E-state index contributed by atoms with van der Waals surface area (Å²) in [5, 5.41) is 0. The van der Waals surface area contributed by atoms with Gasteiger partial charge in [0.15, 0.2) is 5.60 Å². The van der Waals surface area contributed by atoms with E-state index >= 15 is 0 Å². The largest absolute Gasteiger partial charge is 0.466 e. The Labute approximate surface area is 147 Å². The van der Waals surface area contributed by atoms with Crippen LogP contribution in [0, 0.1) is 17.8 Å². The van der Waals surface area contributed by atoms with Crippen LogP contribution in [0.5, 0.6) is 0 Å². The first-order chi connectivity index (χ1) is 12.0. The zero-order valence-corrected chi connectivity index (χ0v) is 14.8. The van der Waals surface area contributed by atoms with Gasteiger partial charge in [-0.05, 0) is 32.1 Å². The lowest BCUT2D eigenvalue weighted by molar-refractivity contribution is -0.561. The van der Waals surface area contributed by atoms with Gasteiger partial charge in [0.05, 0.1) is 19.4 Å². The minimum atomic E-state index is -1.05. The molecule has 5 rings (SSSR count). The molecule has 6 atom stereocenters. The lowest BCUT2D eigenvalue weighted by Gasteiger charge is -2.56. The van der Waals surface area contributed by atoms with Crippen LogP contribution in [0.4, 0.5) is 0 Å². The molecule has 25 heavy (non-hydrogen) atoms. The van der Waals surface area contributed by atoms with E-state index < -0.39 is 17.7 Å². The van der Waals surface area contributed by atoms with Crippen LogP contribution in [-0.2, 0) is 33.6 Å². The average molecular weight is 354 g/mol. The maximum atomic E-state index is 12.1. The molecule has 4 heterocycles. The first kappa shape index (κ1) is 17.2. The van der Waals surface area contributed by atoms with E-state index in [0.29, 0.717) is 31.8 Å². The van der Waals surface area contributed by atoms with E-state index in [0.717, 1.165) is 19.3 Å². The third kappa shape index (κ3) is 2.67. The maximum Gasteiger partial charge on any atom is 0.308 e. The van der Waals surface area contributed by atoms with Gasteiger partial charge in [0.25, 0.3) is 0 Å². The molecule has 4 aliphatic heterocycles. The van der Waals surface area contributed by atoms with Crippen LogP contribution in [0.1, 0.15) is 58.8 Å². The fraction of sp³-hybridized carbons (Fsp3) is 0.889. The molecule has 1 aliphatic carbocycles. The maximum absolute atomic E-state index is 12.1. The van der Waals surface area contributed by atoms with Gasteiger partial charge < -0.3 is 14.2 Å². The Bertz CT molecular complexity index is 560. The molecule has 0 aromatic heterocycles. The van der Waals surface area contributed by atoms with Crippen LogP contribution in [-0.4, -0.2) is 36.2 Å². The Kier molecular flexibility index (Phi) is 4.29.